The fraction of sp³-hybridized carbons (Fsp3) is 0.562. The van der Waals surface area contributed by atoms with E-state index in [2.05, 4.69) is 0 Å². The van der Waals surface area contributed by atoms with Crippen LogP contribution in [0, 0.1) is 0 Å². The maximum Gasteiger partial charge on any atom is 0.263 e. The second-order valence-corrected chi connectivity index (χ2v) is 5.74. The van der Waals surface area contributed by atoms with Crippen LogP contribution in [0.15, 0.2) is 24.3 Å². The van der Waals surface area contributed by atoms with Crippen molar-refractivity contribution in [3.8, 4) is 5.75 Å². The molecule has 0 heterocycles. The molecule has 0 radical (unpaired) electrons. The Hall–Kier alpha value is -1.22. The molecule has 1 atom stereocenters. The quantitative estimate of drug-likeness (QED) is 0.824. The molecule has 1 aromatic carbocycles. The van der Waals surface area contributed by atoms with Gasteiger partial charge in [0.2, 0.25) is 0 Å². The molecule has 0 bridgehead atoms. The number of carbonyl (C=O) groups excluding carboxylic acids is 1. The molecule has 110 valence electrons. The summed E-state index contributed by atoms with van der Waals surface area (Å²) in [4.78, 5) is 14.4. The first kappa shape index (κ1) is 15.2. The van der Waals surface area contributed by atoms with E-state index >= 15 is 0 Å². The third-order valence-corrected chi connectivity index (χ3v) is 4.28. The van der Waals surface area contributed by atoms with Crippen molar-refractivity contribution >= 4 is 17.5 Å². The number of benzene rings is 1. The number of nitrogens with zero attached hydrogens (tertiary/aromatic N) is 1. The summed E-state index contributed by atoms with van der Waals surface area (Å²) in [5.41, 5.74) is 0. The van der Waals surface area contributed by atoms with E-state index in [1.54, 1.807) is 12.1 Å². The second-order valence-electron chi connectivity index (χ2n) is 5.33. The Balaban J connectivity index is 2.03. The molecule has 0 aliphatic heterocycles. The van der Waals surface area contributed by atoms with Crippen LogP contribution < -0.4 is 4.74 Å². The Kier molecular flexibility index (Phi) is 5.30. The maximum absolute atomic E-state index is 12.5. The summed E-state index contributed by atoms with van der Waals surface area (Å²) in [6.07, 6.45) is 4.81. The minimum atomic E-state index is -0.458. The number of para-hydroxylation sites is 1. The topological polar surface area (TPSA) is 29.5 Å². The van der Waals surface area contributed by atoms with Crippen molar-refractivity contribution in [2.45, 2.75) is 51.2 Å². The number of rotatable bonds is 5. The van der Waals surface area contributed by atoms with Crippen LogP contribution in [-0.4, -0.2) is 30.0 Å². The summed E-state index contributed by atoms with van der Waals surface area (Å²) in [6.45, 7) is 1.96. The summed E-state index contributed by atoms with van der Waals surface area (Å²) in [5.74, 6) is 0.633. The lowest BCUT2D eigenvalue weighted by molar-refractivity contribution is -0.139. The number of likely N-dealkylation sites (N-methyl/N-ethyl adjacent to an activating group) is 1. The van der Waals surface area contributed by atoms with Gasteiger partial charge in [-0.1, -0.05) is 43.5 Å². The first-order valence-electron chi connectivity index (χ1n) is 7.31. The largest absolute Gasteiger partial charge is 0.479 e. The Morgan fingerprint density at radius 2 is 2.05 bits per heavy atom. The highest BCUT2D eigenvalue weighted by atomic mass is 35.5. The molecule has 1 saturated carbocycles. The van der Waals surface area contributed by atoms with E-state index < -0.39 is 6.10 Å². The van der Waals surface area contributed by atoms with Gasteiger partial charge in [0.05, 0.1) is 5.02 Å². The van der Waals surface area contributed by atoms with Crippen LogP contribution >= 0.6 is 11.6 Å². The molecule has 1 aromatic rings. The molecule has 3 nitrogen and oxygen atoms in total. The molecular weight excluding hydrogens is 274 g/mol. The highest BCUT2D eigenvalue weighted by Crippen LogP contribution is 2.27. The predicted octanol–water partition coefficient (Wildman–Crippen LogP) is 3.90. The Bertz CT molecular complexity index is 458. The van der Waals surface area contributed by atoms with E-state index in [1.165, 1.54) is 12.8 Å². The average molecular weight is 296 g/mol. The van der Waals surface area contributed by atoms with Crippen LogP contribution in [0.2, 0.25) is 5.02 Å². The first-order valence-corrected chi connectivity index (χ1v) is 7.69. The Morgan fingerprint density at radius 3 is 2.65 bits per heavy atom. The van der Waals surface area contributed by atoms with Crippen LogP contribution in [0.5, 0.6) is 5.75 Å². The lowest BCUT2D eigenvalue weighted by Gasteiger charge is -2.28. The van der Waals surface area contributed by atoms with Gasteiger partial charge in [0, 0.05) is 13.1 Å². The summed E-state index contributed by atoms with van der Waals surface area (Å²) in [6, 6.07) is 7.65. The van der Waals surface area contributed by atoms with E-state index in [9.17, 15) is 4.79 Å². The predicted molar refractivity (Wildman–Crippen MR) is 81.2 cm³/mol. The zero-order valence-electron chi connectivity index (χ0n) is 12.1. The van der Waals surface area contributed by atoms with E-state index in [0.717, 1.165) is 12.8 Å². The molecule has 2 rings (SSSR count). The van der Waals surface area contributed by atoms with E-state index in [0.29, 0.717) is 23.2 Å². The standard InChI is InChI=1S/C16H22ClNO2/c1-3-14(20-15-11-7-6-10-13(15)17)16(19)18(2)12-8-4-5-9-12/h6-7,10-12,14H,3-5,8-9H2,1-2H3. The maximum atomic E-state index is 12.5. The first-order chi connectivity index (χ1) is 9.63. The normalized spacial score (nSPS) is 16.9. The average Bonchev–Trinajstić information content (AvgIpc) is 2.99. The van der Waals surface area contributed by atoms with Gasteiger partial charge in [-0.15, -0.1) is 0 Å². The number of carbonyl (C=O) groups is 1. The summed E-state index contributed by atoms with van der Waals surface area (Å²) in [5, 5.41) is 0.544. The smallest absolute Gasteiger partial charge is 0.263 e. The minimum Gasteiger partial charge on any atom is -0.479 e. The Morgan fingerprint density at radius 1 is 1.40 bits per heavy atom. The van der Waals surface area contributed by atoms with Gasteiger partial charge >= 0.3 is 0 Å². The molecule has 0 saturated heterocycles. The summed E-state index contributed by atoms with van der Waals surface area (Å²) >= 11 is 6.09. The van der Waals surface area contributed by atoms with Gasteiger partial charge in [0.15, 0.2) is 6.10 Å². The number of hydrogen-bond acceptors (Lipinski definition) is 2. The number of halogens is 1. The monoisotopic (exact) mass is 295 g/mol. The molecule has 0 aromatic heterocycles. The molecule has 20 heavy (non-hydrogen) atoms. The van der Waals surface area contributed by atoms with E-state index in [4.69, 9.17) is 16.3 Å². The fourth-order valence-electron chi connectivity index (χ4n) is 2.70. The highest BCUT2D eigenvalue weighted by Gasteiger charge is 2.29. The Labute approximate surface area is 125 Å². The van der Waals surface area contributed by atoms with Gasteiger partial charge in [-0.25, -0.2) is 0 Å². The minimum absolute atomic E-state index is 0.0549. The SMILES string of the molecule is CCC(Oc1ccccc1Cl)C(=O)N(C)C1CCCC1. The van der Waals surface area contributed by atoms with Gasteiger partial charge in [-0.3, -0.25) is 4.79 Å². The molecule has 1 unspecified atom stereocenters. The van der Waals surface area contributed by atoms with Crippen molar-refractivity contribution in [2.24, 2.45) is 0 Å². The molecule has 1 amide bonds. The number of ether oxygens (including phenoxy) is 1. The van der Waals surface area contributed by atoms with Crippen LogP contribution in [-0.2, 0) is 4.79 Å². The van der Waals surface area contributed by atoms with Crippen molar-refractivity contribution in [3.05, 3.63) is 29.3 Å². The molecule has 1 aliphatic rings. The lowest BCUT2D eigenvalue weighted by atomic mass is 10.1. The summed E-state index contributed by atoms with van der Waals surface area (Å²) < 4.78 is 5.81. The van der Waals surface area contributed by atoms with Gasteiger partial charge in [0.25, 0.3) is 5.91 Å². The highest BCUT2D eigenvalue weighted by molar-refractivity contribution is 6.32. The third kappa shape index (κ3) is 3.45. The van der Waals surface area contributed by atoms with Crippen molar-refractivity contribution in [2.75, 3.05) is 7.05 Å². The number of amides is 1. The van der Waals surface area contributed by atoms with Crippen molar-refractivity contribution in [1.82, 2.24) is 4.90 Å². The molecular formula is C16H22ClNO2. The van der Waals surface area contributed by atoms with Crippen molar-refractivity contribution in [3.63, 3.8) is 0 Å². The molecule has 1 aliphatic carbocycles. The zero-order chi connectivity index (χ0) is 14.5. The van der Waals surface area contributed by atoms with Gasteiger partial charge < -0.3 is 9.64 Å². The number of hydrogen-bond donors (Lipinski definition) is 0. The molecule has 0 N–H and O–H groups in total. The van der Waals surface area contributed by atoms with Gasteiger partial charge in [-0.05, 0) is 31.4 Å². The van der Waals surface area contributed by atoms with Gasteiger partial charge in [-0.2, -0.15) is 0 Å². The molecule has 4 heteroatoms. The van der Waals surface area contributed by atoms with Crippen LogP contribution in [0.25, 0.3) is 0 Å². The van der Waals surface area contributed by atoms with Crippen molar-refractivity contribution in [1.29, 1.82) is 0 Å². The van der Waals surface area contributed by atoms with E-state index in [1.807, 2.05) is 31.0 Å². The second kappa shape index (κ2) is 6.98. The molecule has 1 fully saturated rings. The summed E-state index contributed by atoms with van der Waals surface area (Å²) in [7, 11) is 1.89. The third-order valence-electron chi connectivity index (χ3n) is 3.97. The lowest BCUT2D eigenvalue weighted by Crippen LogP contribution is -2.44. The van der Waals surface area contributed by atoms with E-state index in [-0.39, 0.29) is 5.91 Å². The fourth-order valence-corrected chi connectivity index (χ4v) is 2.88. The van der Waals surface area contributed by atoms with Crippen LogP contribution in [0.1, 0.15) is 39.0 Å². The van der Waals surface area contributed by atoms with Crippen LogP contribution in [0.3, 0.4) is 0 Å². The van der Waals surface area contributed by atoms with Crippen LogP contribution in [0.4, 0.5) is 0 Å². The van der Waals surface area contributed by atoms with Gasteiger partial charge in [0.1, 0.15) is 5.75 Å². The zero-order valence-corrected chi connectivity index (χ0v) is 12.9. The molecule has 0 spiro atoms. The van der Waals surface area contributed by atoms with Crippen molar-refractivity contribution < 1.29 is 9.53 Å².